The van der Waals surface area contributed by atoms with Crippen LogP contribution in [-0.4, -0.2) is 46.2 Å². The predicted molar refractivity (Wildman–Crippen MR) is 120 cm³/mol. The summed E-state index contributed by atoms with van der Waals surface area (Å²) in [5.41, 5.74) is 2.63. The number of esters is 2. The molecule has 1 heterocycles. The summed E-state index contributed by atoms with van der Waals surface area (Å²) in [5.74, 6) is -2.28. The summed E-state index contributed by atoms with van der Waals surface area (Å²) in [4.78, 5) is 42.2. The zero-order chi connectivity index (χ0) is 24.0. The second-order valence-corrected chi connectivity index (χ2v) is 9.39. The van der Waals surface area contributed by atoms with Crippen LogP contribution in [0.4, 0.5) is 0 Å². The lowest BCUT2D eigenvalue weighted by Crippen LogP contribution is -2.53. The molecule has 1 saturated heterocycles. The van der Waals surface area contributed by atoms with Crippen LogP contribution in [0.25, 0.3) is 0 Å². The summed E-state index contributed by atoms with van der Waals surface area (Å²) in [7, 11) is 0. The molecule has 0 unspecified atom stereocenters. The van der Waals surface area contributed by atoms with E-state index in [1.807, 2.05) is 5.48 Å². The molecule has 0 spiro atoms. The lowest BCUT2D eigenvalue weighted by molar-refractivity contribution is -0.276. The van der Waals surface area contributed by atoms with E-state index in [1.54, 1.807) is 67.6 Å². The quantitative estimate of drug-likeness (QED) is 0.352. The van der Waals surface area contributed by atoms with Crippen molar-refractivity contribution in [2.75, 3.05) is 0 Å². The normalized spacial score (nSPS) is 22.8. The first-order valence-corrected chi connectivity index (χ1v) is 11.0. The number of nitrogens with one attached hydrogen (secondary N) is 1. The van der Waals surface area contributed by atoms with Crippen molar-refractivity contribution >= 4 is 52.6 Å². The molecule has 33 heavy (non-hydrogen) atoms. The Balaban J connectivity index is 1.73. The molecule has 3 rings (SSSR count). The predicted octanol–water partition coefficient (Wildman–Crippen LogP) is 3.99. The molecular formula is C22H20Cl3NO7. The first kappa shape index (κ1) is 25.3. The summed E-state index contributed by atoms with van der Waals surface area (Å²) < 4.78 is 14.6. The molecule has 2 aromatic rings. The number of alkyl halides is 3. The Hall–Kier alpha value is -2.36. The zero-order valence-electron chi connectivity index (χ0n) is 17.3. The van der Waals surface area contributed by atoms with Crippen molar-refractivity contribution in [3.8, 4) is 0 Å². The smallest absolute Gasteiger partial charge is 0.338 e. The fourth-order valence-corrected chi connectivity index (χ4v) is 3.11. The van der Waals surface area contributed by atoms with E-state index in [1.165, 1.54) is 0 Å². The molecule has 0 aliphatic carbocycles. The molecule has 176 valence electrons. The zero-order valence-corrected chi connectivity index (χ0v) is 19.5. The van der Waals surface area contributed by atoms with Crippen LogP contribution in [0, 0.1) is 0 Å². The van der Waals surface area contributed by atoms with Gasteiger partial charge in [-0.2, -0.15) is 0 Å². The third-order valence-corrected chi connectivity index (χ3v) is 5.22. The number of ether oxygens (including phenoxy) is 3. The molecule has 2 aromatic carbocycles. The highest BCUT2D eigenvalue weighted by Gasteiger charge is 2.43. The van der Waals surface area contributed by atoms with E-state index >= 15 is 0 Å². The number of benzene rings is 2. The summed E-state index contributed by atoms with van der Waals surface area (Å²) in [6.45, 7) is 1.64. The number of rotatable bonds is 6. The maximum atomic E-state index is 12.6. The molecule has 8 nitrogen and oxygen atoms in total. The van der Waals surface area contributed by atoms with Gasteiger partial charge in [0.25, 0.3) is 9.70 Å². The van der Waals surface area contributed by atoms with Crippen molar-refractivity contribution in [3.63, 3.8) is 0 Å². The standard InChI is InChI=1S/C22H20Cl3NO7/c1-13-16(31-18(27)14-8-4-2-5-9-14)12-17(32-19(28)15-10-6-3-7-11-15)20(30-13)33-26-21(29)22(23,24)25/h2-11,13,16-17,20H,12H2,1H3,(H,26,29)/t13-,16+,17+,20-/m0/s1. The van der Waals surface area contributed by atoms with Crippen LogP contribution in [0.15, 0.2) is 60.7 Å². The minimum Gasteiger partial charge on any atom is -0.456 e. The number of halogens is 3. The Labute approximate surface area is 204 Å². The Morgan fingerprint density at radius 2 is 1.36 bits per heavy atom. The van der Waals surface area contributed by atoms with E-state index < -0.39 is 46.2 Å². The van der Waals surface area contributed by atoms with Gasteiger partial charge in [0.2, 0.25) is 6.29 Å². The van der Waals surface area contributed by atoms with Gasteiger partial charge in [-0.05, 0) is 31.2 Å². The maximum Gasteiger partial charge on any atom is 0.338 e. The lowest BCUT2D eigenvalue weighted by atomic mass is 10.0. The molecule has 0 aromatic heterocycles. The summed E-state index contributed by atoms with van der Waals surface area (Å²) in [6, 6.07) is 16.7. The minimum atomic E-state index is -2.27. The second kappa shape index (κ2) is 11.2. The molecule has 1 aliphatic heterocycles. The SMILES string of the molecule is C[C@@H]1O[C@@H](ONC(=O)C(Cl)(Cl)Cl)[C@H](OC(=O)c2ccccc2)C[C@H]1OC(=O)c1ccccc1. The number of hydrogen-bond acceptors (Lipinski definition) is 7. The number of amides is 1. The fourth-order valence-electron chi connectivity index (χ4n) is 3.00. The Kier molecular flexibility index (Phi) is 8.56. The Morgan fingerprint density at radius 1 is 0.879 bits per heavy atom. The van der Waals surface area contributed by atoms with Gasteiger partial charge in [0.05, 0.1) is 17.2 Å². The van der Waals surface area contributed by atoms with Gasteiger partial charge in [-0.3, -0.25) is 4.79 Å². The van der Waals surface area contributed by atoms with E-state index in [0.29, 0.717) is 5.56 Å². The second-order valence-electron chi connectivity index (χ2n) is 7.11. The molecule has 0 bridgehead atoms. The third-order valence-electron chi connectivity index (χ3n) is 4.70. The van der Waals surface area contributed by atoms with Crippen molar-refractivity contribution in [3.05, 3.63) is 71.8 Å². The molecule has 1 fully saturated rings. The number of hydrogen-bond donors (Lipinski definition) is 1. The highest BCUT2D eigenvalue weighted by atomic mass is 35.6. The molecule has 0 radical (unpaired) electrons. The van der Waals surface area contributed by atoms with Gasteiger partial charge in [-0.15, -0.1) is 0 Å². The van der Waals surface area contributed by atoms with Gasteiger partial charge in [0.1, 0.15) is 6.10 Å². The van der Waals surface area contributed by atoms with Crippen LogP contribution in [0.1, 0.15) is 34.1 Å². The molecule has 0 saturated carbocycles. The van der Waals surface area contributed by atoms with Crippen LogP contribution in [0.2, 0.25) is 0 Å². The maximum absolute atomic E-state index is 12.6. The molecule has 11 heteroatoms. The van der Waals surface area contributed by atoms with Gasteiger partial charge in [-0.25, -0.2) is 19.9 Å². The summed E-state index contributed by atoms with van der Waals surface area (Å²) >= 11 is 16.6. The van der Waals surface area contributed by atoms with Crippen molar-refractivity contribution < 1.29 is 33.4 Å². The van der Waals surface area contributed by atoms with Crippen LogP contribution >= 0.6 is 34.8 Å². The molecule has 1 aliphatic rings. The van der Waals surface area contributed by atoms with E-state index in [-0.39, 0.29) is 12.0 Å². The average Bonchev–Trinajstić information content (AvgIpc) is 2.80. The first-order chi connectivity index (χ1) is 15.6. The monoisotopic (exact) mass is 515 g/mol. The lowest BCUT2D eigenvalue weighted by Gasteiger charge is -2.38. The fraction of sp³-hybridized carbons (Fsp3) is 0.318. The van der Waals surface area contributed by atoms with Crippen molar-refractivity contribution in [1.82, 2.24) is 5.48 Å². The van der Waals surface area contributed by atoms with Crippen molar-refractivity contribution in [2.24, 2.45) is 0 Å². The van der Waals surface area contributed by atoms with E-state index in [2.05, 4.69) is 0 Å². The number of hydroxylamine groups is 1. The van der Waals surface area contributed by atoms with Crippen molar-refractivity contribution in [2.45, 2.75) is 41.7 Å². The Morgan fingerprint density at radius 3 is 1.85 bits per heavy atom. The molecule has 1 N–H and O–H groups in total. The molecule has 4 atom stereocenters. The van der Waals surface area contributed by atoms with E-state index in [4.69, 9.17) is 53.9 Å². The van der Waals surface area contributed by atoms with Gasteiger partial charge >= 0.3 is 11.9 Å². The van der Waals surface area contributed by atoms with Gasteiger partial charge in [-0.1, -0.05) is 71.2 Å². The van der Waals surface area contributed by atoms with Crippen LogP contribution < -0.4 is 5.48 Å². The van der Waals surface area contributed by atoms with Crippen LogP contribution in [0.5, 0.6) is 0 Å². The first-order valence-electron chi connectivity index (χ1n) is 9.85. The number of carbonyl (C=O) groups excluding carboxylic acids is 3. The largest absolute Gasteiger partial charge is 0.456 e. The van der Waals surface area contributed by atoms with Gasteiger partial charge < -0.3 is 14.2 Å². The van der Waals surface area contributed by atoms with Crippen LogP contribution in [0.3, 0.4) is 0 Å². The average molecular weight is 517 g/mol. The summed E-state index contributed by atoms with van der Waals surface area (Å²) in [6.07, 6.45) is -3.71. The van der Waals surface area contributed by atoms with Crippen molar-refractivity contribution in [1.29, 1.82) is 0 Å². The molecular weight excluding hydrogens is 497 g/mol. The van der Waals surface area contributed by atoms with Gasteiger partial charge in [0.15, 0.2) is 6.10 Å². The Bertz CT molecular complexity index is 969. The highest BCUT2D eigenvalue weighted by Crippen LogP contribution is 2.29. The number of carbonyl (C=O) groups is 3. The minimum absolute atomic E-state index is 0.0343. The van der Waals surface area contributed by atoms with E-state index in [0.717, 1.165) is 0 Å². The van der Waals surface area contributed by atoms with E-state index in [9.17, 15) is 14.4 Å². The van der Waals surface area contributed by atoms with Gasteiger partial charge in [0, 0.05) is 6.42 Å². The third kappa shape index (κ3) is 7.06. The highest BCUT2D eigenvalue weighted by molar-refractivity contribution is 6.76. The van der Waals surface area contributed by atoms with Crippen LogP contribution in [-0.2, 0) is 23.8 Å². The summed E-state index contributed by atoms with van der Waals surface area (Å²) in [5, 5.41) is 0. The topological polar surface area (TPSA) is 100 Å². The molecule has 1 amide bonds.